The Morgan fingerprint density at radius 3 is 2.50 bits per heavy atom. The summed E-state index contributed by atoms with van der Waals surface area (Å²) in [6.07, 6.45) is 2.53. The van der Waals surface area contributed by atoms with Gasteiger partial charge in [0.15, 0.2) is 12.0 Å². The molecule has 0 bridgehead atoms. The van der Waals surface area contributed by atoms with Crippen LogP contribution in [0.5, 0.6) is 0 Å². The van der Waals surface area contributed by atoms with E-state index >= 15 is 0 Å². The van der Waals surface area contributed by atoms with Crippen molar-refractivity contribution >= 4 is 49.3 Å². The highest BCUT2D eigenvalue weighted by atomic mass is 79.9. The van der Waals surface area contributed by atoms with E-state index in [1.165, 1.54) is 0 Å². The molecule has 0 unspecified atom stereocenters. The molecule has 2 N–H and O–H groups in total. The van der Waals surface area contributed by atoms with Gasteiger partial charge in [-0.15, -0.1) is 0 Å². The van der Waals surface area contributed by atoms with E-state index in [0.717, 1.165) is 52.4 Å². The Bertz CT molecular complexity index is 1470. The van der Waals surface area contributed by atoms with Crippen molar-refractivity contribution in [3.63, 3.8) is 0 Å². The molecule has 0 atom stereocenters. The number of aliphatic hydroxyl groups is 2. The third-order valence-corrected chi connectivity index (χ3v) is 8.30. The third kappa shape index (κ3) is 3.28. The van der Waals surface area contributed by atoms with Crippen LogP contribution in [0.4, 0.5) is 10.1 Å². The molecule has 2 aromatic carbocycles. The minimum Gasteiger partial charge on any atom is -0.371 e. The second-order valence-electron chi connectivity index (χ2n) is 9.56. The van der Waals surface area contributed by atoms with E-state index in [2.05, 4.69) is 40.8 Å². The number of benzene rings is 2. The number of nitrogens with zero attached hydrogens (tertiary/aromatic N) is 4. The number of aliphatic hydroxyl groups excluding tert-OH is 1. The number of aromatic nitrogens is 3. The molecule has 3 heterocycles. The van der Waals surface area contributed by atoms with Crippen molar-refractivity contribution in [2.45, 2.75) is 56.5 Å². The molecule has 0 radical (unpaired) electrons. The molecular formula is C25H26BrFN4O3. The number of fused-ring (bicyclic) bond motifs is 5. The van der Waals surface area contributed by atoms with Crippen LogP contribution >= 0.6 is 15.9 Å². The summed E-state index contributed by atoms with van der Waals surface area (Å²) in [6, 6.07) is 12.2. The molecule has 4 aromatic rings. The SMILES string of the molecule is O=c1nc2n(C3CCCC3)c3cc(N4CCC(F)(C(O)O)CC4)ccc3n2c2cccc(Br)c12. The van der Waals surface area contributed by atoms with Gasteiger partial charge < -0.3 is 19.7 Å². The van der Waals surface area contributed by atoms with Crippen molar-refractivity contribution in [1.29, 1.82) is 0 Å². The van der Waals surface area contributed by atoms with Gasteiger partial charge in [0.1, 0.15) is 0 Å². The number of imidazole rings is 1. The lowest BCUT2D eigenvalue weighted by Crippen LogP contribution is -2.48. The maximum atomic E-state index is 14.7. The van der Waals surface area contributed by atoms with Gasteiger partial charge in [0.25, 0.3) is 5.56 Å². The first-order chi connectivity index (χ1) is 16.4. The number of hydrogen-bond acceptors (Lipinski definition) is 5. The standard InChI is InChI=1S/C25H26BrFN4O3/c26-17-6-3-7-19-21(17)22(32)28-24-30(15-4-1-2-5-15)20-14-16(8-9-18(20)31(19)24)29-12-10-25(27,11-13-29)23(33)34/h3,6-9,14-15,23,33-34H,1-2,4-5,10-13H2. The lowest BCUT2D eigenvalue weighted by Gasteiger charge is -2.38. The molecule has 2 fully saturated rings. The smallest absolute Gasteiger partial charge is 0.283 e. The molecule has 6 rings (SSSR count). The zero-order chi connectivity index (χ0) is 23.6. The minimum atomic E-state index is -1.96. The van der Waals surface area contributed by atoms with Crippen LogP contribution < -0.4 is 10.5 Å². The number of alkyl halides is 1. The number of halogens is 2. The second kappa shape index (κ2) is 8.03. The molecule has 7 nitrogen and oxygen atoms in total. The summed E-state index contributed by atoms with van der Waals surface area (Å²) < 4.78 is 19.7. The molecule has 1 aliphatic carbocycles. The normalized spacial score (nSPS) is 19.3. The summed E-state index contributed by atoms with van der Waals surface area (Å²) in [5.41, 5.74) is 1.54. The van der Waals surface area contributed by atoms with E-state index in [4.69, 9.17) is 0 Å². The van der Waals surface area contributed by atoms with E-state index < -0.39 is 12.0 Å². The van der Waals surface area contributed by atoms with Crippen LogP contribution in [0.3, 0.4) is 0 Å². The van der Waals surface area contributed by atoms with Crippen LogP contribution in [0.25, 0.3) is 27.7 Å². The molecule has 2 aromatic heterocycles. The molecular weight excluding hydrogens is 503 g/mol. The quantitative estimate of drug-likeness (QED) is 0.387. The molecule has 178 valence electrons. The highest BCUT2D eigenvalue weighted by molar-refractivity contribution is 9.10. The molecule has 0 spiro atoms. The van der Waals surface area contributed by atoms with E-state index in [1.807, 2.05) is 30.3 Å². The fourth-order valence-electron chi connectivity index (χ4n) is 5.73. The minimum absolute atomic E-state index is 0.0584. The van der Waals surface area contributed by atoms with Crippen molar-refractivity contribution in [1.82, 2.24) is 14.0 Å². The maximum Gasteiger partial charge on any atom is 0.283 e. The van der Waals surface area contributed by atoms with E-state index in [9.17, 15) is 19.4 Å². The van der Waals surface area contributed by atoms with Crippen LogP contribution in [-0.4, -0.2) is 49.2 Å². The predicted octanol–water partition coefficient (Wildman–Crippen LogP) is 4.30. The van der Waals surface area contributed by atoms with Crippen LogP contribution in [0.2, 0.25) is 0 Å². The fourth-order valence-corrected chi connectivity index (χ4v) is 6.26. The summed E-state index contributed by atoms with van der Waals surface area (Å²) in [6.45, 7) is 0.796. The average Bonchev–Trinajstić information content (AvgIpc) is 3.45. The molecule has 1 aliphatic heterocycles. The van der Waals surface area contributed by atoms with Crippen LogP contribution in [-0.2, 0) is 0 Å². The Kier molecular flexibility index (Phi) is 5.20. The summed E-state index contributed by atoms with van der Waals surface area (Å²) in [5, 5.41) is 19.4. The second-order valence-corrected chi connectivity index (χ2v) is 10.4. The molecule has 2 aliphatic rings. The summed E-state index contributed by atoms with van der Waals surface area (Å²) in [4.78, 5) is 19.7. The summed E-state index contributed by atoms with van der Waals surface area (Å²) in [5.74, 6) is 0.652. The van der Waals surface area contributed by atoms with Crippen molar-refractivity contribution in [3.05, 3.63) is 51.2 Å². The van der Waals surface area contributed by atoms with E-state index in [1.54, 1.807) is 0 Å². The summed E-state index contributed by atoms with van der Waals surface area (Å²) in [7, 11) is 0. The monoisotopic (exact) mass is 528 g/mol. The van der Waals surface area contributed by atoms with Gasteiger partial charge >= 0.3 is 0 Å². The highest BCUT2D eigenvalue weighted by Crippen LogP contribution is 2.38. The number of hydrogen-bond donors (Lipinski definition) is 2. The number of anilines is 1. The topological polar surface area (TPSA) is 83.0 Å². The van der Waals surface area contributed by atoms with Crippen molar-refractivity contribution in [2.75, 3.05) is 18.0 Å². The highest BCUT2D eigenvalue weighted by Gasteiger charge is 2.40. The Balaban J connectivity index is 1.56. The van der Waals surface area contributed by atoms with Gasteiger partial charge in [-0.25, -0.2) is 4.39 Å². The maximum absolute atomic E-state index is 14.7. The van der Waals surface area contributed by atoms with Gasteiger partial charge in [-0.1, -0.05) is 18.9 Å². The van der Waals surface area contributed by atoms with Crippen molar-refractivity contribution < 1.29 is 14.6 Å². The largest absolute Gasteiger partial charge is 0.371 e. The van der Waals surface area contributed by atoms with Gasteiger partial charge in [0, 0.05) is 42.1 Å². The fraction of sp³-hybridized carbons (Fsp3) is 0.440. The van der Waals surface area contributed by atoms with Gasteiger partial charge in [0.05, 0.1) is 21.9 Å². The number of piperidine rings is 1. The number of rotatable bonds is 3. The zero-order valence-corrected chi connectivity index (χ0v) is 20.2. The Labute approximate surface area is 203 Å². The Morgan fingerprint density at radius 1 is 1.06 bits per heavy atom. The zero-order valence-electron chi connectivity index (χ0n) is 18.6. The van der Waals surface area contributed by atoms with E-state index in [0.29, 0.717) is 24.3 Å². The molecule has 9 heteroatoms. The van der Waals surface area contributed by atoms with Gasteiger partial charge in [0.2, 0.25) is 5.78 Å². The first-order valence-corrected chi connectivity index (χ1v) is 12.6. The van der Waals surface area contributed by atoms with Crippen LogP contribution in [0.15, 0.2) is 45.7 Å². The molecule has 1 saturated heterocycles. The van der Waals surface area contributed by atoms with Crippen molar-refractivity contribution in [2.24, 2.45) is 0 Å². The lowest BCUT2D eigenvalue weighted by atomic mass is 9.92. The predicted molar refractivity (Wildman–Crippen MR) is 133 cm³/mol. The third-order valence-electron chi connectivity index (χ3n) is 7.64. The van der Waals surface area contributed by atoms with Crippen LogP contribution in [0, 0.1) is 0 Å². The summed E-state index contributed by atoms with van der Waals surface area (Å²) >= 11 is 3.52. The Morgan fingerprint density at radius 2 is 1.79 bits per heavy atom. The first kappa shape index (κ1) is 22.0. The van der Waals surface area contributed by atoms with Gasteiger partial charge in [-0.3, -0.25) is 9.20 Å². The van der Waals surface area contributed by atoms with Gasteiger partial charge in [-0.2, -0.15) is 4.98 Å². The lowest BCUT2D eigenvalue weighted by molar-refractivity contribution is -0.154. The van der Waals surface area contributed by atoms with E-state index in [-0.39, 0.29) is 24.4 Å². The Hall–Kier alpha value is -2.49. The van der Waals surface area contributed by atoms with Crippen molar-refractivity contribution in [3.8, 4) is 0 Å². The molecule has 0 amide bonds. The van der Waals surface area contributed by atoms with Crippen LogP contribution in [0.1, 0.15) is 44.6 Å². The first-order valence-electron chi connectivity index (χ1n) is 11.8. The van der Waals surface area contributed by atoms with Gasteiger partial charge in [-0.05, 0) is 59.1 Å². The molecule has 34 heavy (non-hydrogen) atoms. The average molecular weight is 529 g/mol. The molecule has 1 saturated carbocycles.